The van der Waals surface area contributed by atoms with Crippen LogP contribution in [-0.4, -0.2) is 29.1 Å². The molecule has 2 heterocycles. The first-order valence-electron chi connectivity index (χ1n) is 6.22. The van der Waals surface area contributed by atoms with Crippen LogP contribution in [0.1, 0.15) is 42.3 Å². The van der Waals surface area contributed by atoms with Crippen LogP contribution >= 0.6 is 0 Å². The lowest BCUT2D eigenvalue weighted by Gasteiger charge is -2.30. The molecule has 0 aromatic carbocycles. The summed E-state index contributed by atoms with van der Waals surface area (Å²) in [5.74, 6) is 0.680. The normalized spacial score (nSPS) is 18.4. The van der Waals surface area contributed by atoms with Crippen LogP contribution in [-0.2, 0) is 6.54 Å². The highest BCUT2D eigenvalue weighted by molar-refractivity contribution is 5.87. The zero-order valence-corrected chi connectivity index (χ0v) is 10.2. The van der Waals surface area contributed by atoms with E-state index in [9.17, 15) is 4.79 Å². The third-order valence-corrected chi connectivity index (χ3v) is 3.56. The van der Waals surface area contributed by atoms with Crippen molar-refractivity contribution < 1.29 is 14.3 Å². The van der Waals surface area contributed by atoms with Gasteiger partial charge in [-0.1, -0.05) is 13.3 Å². The number of hydrogen-bond acceptors (Lipinski definition) is 3. The number of carbonyl (C=O) groups is 1. The summed E-state index contributed by atoms with van der Waals surface area (Å²) in [7, 11) is 0. The van der Waals surface area contributed by atoms with Crippen molar-refractivity contribution >= 4 is 5.97 Å². The number of likely N-dealkylation sites (tertiary alicyclic amines) is 1. The number of nitrogens with zero attached hydrogens (tertiary/aromatic N) is 1. The van der Waals surface area contributed by atoms with E-state index in [1.165, 1.54) is 25.5 Å². The van der Waals surface area contributed by atoms with Gasteiger partial charge in [-0.2, -0.15) is 0 Å². The number of furan rings is 1. The minimum Gasteiger partial charge on any atom is -0.478 e. The predicted octanol–water partition coefficient (Wildman–Crippen LogP) is 2.60. The number of hydrogen-bond donors (Lipinski definition) is 1. The van der Waals surface area contributed by atoms with Gasteiger partial charge in [-0.15, -0.1) is 0 Å². The maximum Gasteiger partial charge on any atom is 0.338 e. The molecule has 1 aliphatic heterocycles. The third kappa shape index (κ3) is 3.09. The second-order valence-corrected chi connectivity index (χ2v) is 4.73. The van der Waals surface area contributed by atoms with E-state index in [1.807, 2.05) is 0 Å². The number of aromatic carboxylic acids is 1. The van der Waals surface area contributed by atoms with Crippen molar-refractivity contribution in [1.29, 1.82) is 0 Å². The van der Waals surface area contributed by atoms with Crippen molar-refractivity contribution in [3.63, 3.8) is 0 Å². The molecule has 2 rings (SSSR count). The summed E-state index contributed by atoms with van der Waals surface area (Å²) in [4.78, 5) is 13.0. The Morgan fingerprint density at radius 1 is 1.53 bits per heavy atom. The van der Waals surface area contributed by atoms with Gasteiger partial charge in [-0.05, 0) is 37.9 Å². The molecule has 1 saturated heterocycles. The molecule has 1 aromatic rings. The van der Waals surface area contributed by atoms with Crippen molar-refractivity contribution in [2.45, 2.75) is 32.7 Å². The smallest absolute Gasteiger partial charge is 0.338 e. The molecule has 1 aromatic heterocycles. The second kappa shape index (κ2) is 5.36. The average molecular weight is 237 g/mol. The van der Waals surface area contributed by atoms with Crippen molar-refractivity contribution in [2.24, 2.45) is 5.92 Å². The number of carboxylic acid groups (broad SMARTS) is 1. The molecule has 1 aliphatic rings. The monoisotopic (exact) mass is 237 g/mol. The summed E-state index contributed by atoms with van der Waals surface area (Å²) in [6, 6.07) is 1.62. The van der Waals surface area contributed by atoms with Gasteiger partial charge in [-0.25, -0.2) is 4.79 Å². The van der Waals surface area contributed by atoms with Crippen molar-refractivity contribution in [2.75, 3.05) is 13.1 Å². The molecule has 0 spiro atoms. The third-order valence-electron chi connectivity index (χ3n) is 3.56. The largest absolute Gasteiger partial charge is 0.478 e. The molecule has 0 saturated carbocycles. The molecule has 17 heavy (non-hydrogen) atoms. The molecule has 0 atom stereocenters. The maximum absolute atomic E-state index is 10.7. The summed E-state index contributed by atoms with van der Waals surface area (Å²) < 4.78 is 5.26. The Kier molecular flexibility index (Phi) is 3.84. The van der Waals surface area contributed by atoms with Gasteiger partial charge >= 0.3 is 5.97 Å². The van der Waals surface area contributed by atoms with Gasteiger partial charge in [0.05, 0.1) is 12.1 Å². The van der Waals surface area contributed by atoms with Crippen LogP contribution in [0.15, 0.2) is 16.7 Å². The van der Waals surface area contributed by atoms with Gasteiger partial charge in [-0.3, -0.25) is 4.90 Å². The zero-order chi connectivity index (χ0) is 12.3. The van der Waals surface area contributed by atoms with Gasteiger partial charge < -0.3 is 9.52 Å². The van der Waals surface area contributed by atoms with E-state index in [0.717, 1.165) is 31.3 Å². The first-order valence-corrected chi connectivity index (χ1v) is 6.22. The van der Waals surface area contributed by atoms with Gasteiger partial charge in [0.1, 0.15) is 12.0 Å². The van der Waals surface area contributed by atoms with Crippen molar-refractivity contribution in [3.8, 4) is 0 Å². The molecule has 4 nitrogen and oxygen atoms in total. The molecule has 4 heteroatoms. The molecule has 0 radical (unpaired) electrons. The Labute approximate surface area is 101 Å². The number of carboxylic acids is 1. The zero-order valence-electron chi connectivity index (χ0n) is 10.2. The fourth-order valence-electron chi connectivity index (χ4n) is 2.35. The van der Waals surface area contributed by atoms with Crippen molar-refractivity contribution in [1.82, 2.24) is 4.90 Å². The topological polar surface area (TPSA) is 53.7 Å². The van der Waals surface area contributed by atoms with Crippen molar-refractivity contribution in [3.05, 3.63) is 23.7 Å². The van der Waals surface area contributed by atoms with E-state index in [-0.39, 0.29) is 5.56 Å². The SMILES string of the molecule is CCC1CCN(Cc2cc(C(=O)O)co2)CC1. The first-order chi connectivity index (χ1) is 8.19. The van der Waals surface area contributed by atoms with E-state index >= 15 is 0 Å². The molecular formula is C13H19NO3. The highest BCUT2D eigenvalue weighted by Crippen LogP contribution is 2.21. The van der Waals surface area contributed by atoms with Crippen LogP contribution in [0.4, 0.5) is 0 Å². The van der Waals surface area contributed by atoms with Crippen LogP contribution in [0.3, 0.4) is 0 Å². The van der Waals surface area contributed by atoms with Crippen LogP contribution < -0.4 is 0 Å². The summed E-state index contributed by atoms with van der Waals surface area (Å²) in [5.41, 5.74) is 0.239. The fourth-order valence-corrected chi connectivity index (χ4v) is 2.35. The van der Waals surface area contributed by atoms with E-state index in [0.29, 0.717) is 0 Å². The fraction of sp³-hybridized carbons (Fsp3) is 0.615. The van der Waals surface area contributed by atoms with Gasteiger partial charge in [0.25, 0.3) is 0 Å². The lowest BCUT2D eigenvalue weighted by Crippen LogP contribution is -2.32. The Morgan fingerprint density at radius 3 is 2.76 bits per heavy atom. The molecule has 1 N–H and O–H groups in total. The molecule has 0 aliphatic carbocycles. The second-order valence-electron chi connectivity index (χ2n) is 4.73. The lowest BCUT2D eigenvalue weighted by molar-refractivity contribution is 0.0696. The first kappa shape index (κ1) is 12.2. The quantitative estimate of drug-likeness (QED) is 0.874. The molecule has 0 bridgehead atoms. The summed E-state index contributed by atoms with van der Waals surface area (Å²) in [6.45, 7) is 5.14. The molecule has 0 unspecified atom stereocenters. The molecule has 94 valence electrons. The van der Waals surface area contributed by atoms with E-state index < -0.39 is 5.97 Å². The maximum atomic E-state index is 10.7. The van der Waals surface area contributed by atoms with E-state index in [2.05, 4.69) is 11.8 Å². The minimum atomic E-state index is -0.926. The van der Waals surface area contributed by atoms with Gasteiger partial charge in [0.15, 0.2) is 0 Å². The summed E-state index contributed by atoms with van der Waals surface area (Å²) in [6.07, 6.45) is 5.06. The Hall–Kier alpha value is -1.29. The lowest BCUT2D eigenvalue weighted by atomic mass is 9.94. The summed E-state index contributed by atoms with van der Waals surface area (Å²) in [5, 5.41) is 8.80. The Morgan fingerprint density at radius 2 is 2.24 bits per heavy atom. The standard InChI is InChI=1S/C13H19NO3/c1-2-10-3-5-14(6-4-10)8-12-7-11(9-17-12)13(15)16/h7,9-10H,2-6,8H2,1H3,(H,15,16). The minimum absolute atomic E-state index is 0.239. The van der Waals surface area contributed by atoms with Crippen LogP contribution in [0.25, 0.3) is 0 Å². The summed E-state index contributed by atoms with van der Waals surface area (Å²) >= 11 is 0. The van der Waals surface area contributed by atoms with Gasteiger partial charge in [0, 0.05) is 0 Å². The number of piperidine rings is 1. The Balaban J connectivity index is 1.86. The van der Waals surface area contributed by atoms with E-state index in [1.54, 1.807) is 6.07 Å². The van der Waals surface area contributed by atoms with Crippen LogP contribution in [0, 0.1) is 5.92 Å². The highest BCUT2D eigenvalue weighted by atomic mass is 16.4. The molecule has 1 fully saturated rings. The van der Waals surface area contributed by atoms with E-state index in [4.69, 9.17) is 9.52 Å². The van der Waals surface area contributed by atoms with Gasteiger partial charge in [0.2, 0.25) is 0 Å². The average Bonchev–Trinajstić information content (AvgIpc) is 2.79. The molecular weight excluding hydrogens is 218 g/mol. The predicted molar refractivity (Wildman–Crippen MR) is 64.0 cm³/mol. The molecule has 0 amide bonds. The number of rotatable bonds is 4. The van der Waals surface area contributed by atoms with Crippen LogP contribution in [0.2, 0.25) is 0 Å². The highest BCUT2D eigenvalue weighted by Gasteiger charge is 2.19. The van der Waals surface area contributed by atoms with Crippen LogP contribution in [0.5, 0.6) is 0 Å². The Bertz CT molecular complexity index is 378.